The van der Waals surface area contributed by atoms with Crippen LogP contribution < -0.4 is 14.8 Å². The van der Waals surface area contributed by atoms with Crippen molar-refractivity contribution in [2.24, 2.45) is 0 Å². The molecule has 0 saturated carbocycles. The number of carbonyl (C=O) groups is 3. The minimum absolute atomic E-state index is 0.00419. The predicted octanol–water partition coefficient (Wildman–Crippen LogP) is 5.82. The highest BCUT2D eigenvalue weighted by atomic mass is 31.0. The first kappa shape index (κ1) is 48.8. The first-order valence-corrected chi connectivity index (χ1v) is 20.1. The summed E-state index contributed by atoms with van der Waals surface area (Å²) in [6.07, 6.45) is 1.07. The quantitative estimate of drug-likeness (QED) is 0.0339. The monoisotopic (exact) mass is 836 g/mol. The number of amides is 1. The summed E-state index contributed by atoms with van der Waals surface area (Å²) in [6, 6.07) is 25.9. The summed E-state index contributed by atoms with van der Waals surface area (Å²) in [7, 11) is 8.10. The normalized spacial score (nSPS) is 13.2. The molecule has 0 aliphatic heterocycles. The van der Waals surface area contributed by atoms with Gasteiger partial charge in [-0.1, -0.05) is 54.6 Å². The van der Waals surface area contributed by atoms with Gasteiger partial charge in [0.2, 0.25) is 5.91 Å². The van der Waals surface area contributed by atoms with Crippen LogP contribution in [-0.2, 0) is 43.5 Å². The third kappa shape index (κ3) is 13.2. The lowest BCUT2D eigenvalue weighted by molar-refractivity contribution is -0.307. The Morgan fingerprint density at radius 2 is 1.25 bits per heavy atom. The zero-order chi connectivity index (χ0) is 43.4. The van der Waals surface area contributed by atoms with Crippen molar-refractivity contribution in [1.29, 1.82) is 5.26 Å². The fourth-order valence-electron chi connectivity index (χ4n) is 7.21. The van der Waals surface area contributed by atoms with Gasteiger partial charge in [0.1, 0.15) is 23.1 Å². The van der Waals surface area contributed by atoms with Gasteiger partial charge in [-0.05, 0) is 88.0 Å². The first-order valence-electron chi connectivity index (χ1n) is 19.7. The van der Waals surface area contributed by atoms with E-state index in [1.807, 2.05) is 111 Å². The number of esters is 2. The number of unbranched alkanes of at least 4 members (excludes halogenated alkanes) is 1. The highest BCUT2D eigenvalue weighted by Gasteiger charge is 2.51. The summed E-state index contributed by atoms with van der Waals surface area (Å²) in [5, 5.41) is 12.8. The van der Waals surface area contributed by atoms with Gasteiger partial charge in [-0.15, -0.1) is 0 Å². The van der Waals surface area contributed by atoms with E-state index in [4.69, 9.17) is 32.9 Å². The molecule has 1 N–H and O–H groups in total. The maximum absolute atomic E-state index is 14.1. The Hall–Kier alpha value is -4.61. The summed E-state index contributed by atoms with van der Waals surface area (Å²) < 4.78 is 40.9. The fraction of sp³-hybridized carbons (Fsp3) is 0.500. The second-order valence-electron chi connectivity index (χ2n) is 14.4. The van der Waals surface area contributed by atoms with E-state index in [0.717, 1.165) is 16.7 Å². The molecule has 0 spiro atoms. The van der Waals surface area contributed by atoms with Crippen molar-refractivity contribution in [3.63, 3.8) is 0 Å². The molecule has 0 aliphatic rings. The Morgan fingerprint density at radius 1 is 0.746 bits per heavy atom. The van der Waals surface area contributed by atoms with Gasteiger partial charge in [0.15, 0.2) is 0 Å². The highest BCUT2D eigenvalue weighted by Crippen LogP contribution is 2.43. The Kier molecular flexibility index (Phi) is 20.2. The molecule has 0 aromatic heterocycles. The Balaban J connectivity index is 2.15. The van der Waals surface area contributed by atoms with E-state index in [2.05, 4.69) is 20.9 Å². The third-order valence-electron chi connectivity index (χ3n) is 9.87. The molecular weight excluding hydrogens is 775 g/mol. The Bertz CT molecular complexity index is 1700. The Morgan fingerprint density at radius 3 is 1.69 bits per heavy atom. The second-order valence-corrected chi connectivity index (χ2v) is 14.6. The standard InChI is InChI=1S/C44H61N4O10P/c1-32(2)48(33(3)4)44(58-59,56-28-14-26-45)39(46-40(49)17-12-13-27-47(29-41(50)54-7)30-42(51)55-8)31-57-43(34-15-10-9-11-16-34,35-18-22-37(52-5)23-19-35)36-20-24-38(53-6)25-21-36/h9-11,15-16,18-25,32-33,39H,12-14,17,27-31,59H2,1-8H3,(H,46,49). The number of methoxy groups -OCH3 is 4. The van der Waals surface area contributed by atoms with Crippen molar-refractivity contribution in [2.75, 3.05) is 61.3 Å². The van der Waals surface area contributed by atoms with Crippen LogP contribution in [0.3, 0.4) is 0 Å². The van der Waals surface area contributed by atoms with E-state index in [9.17, 15) is 19.6 Å². The van der Waals surface area contributed by atoms with Crippen LogP contribution in [-0.4, -0.2) is 113 Å². The first-order chi connectivity index (χ1) is 28.3. The third-order valence-corrected chi connectivity index (χ3v) is 10.2. The molecule has 3 aromatic carbocycles. The van der Waals surface area contributed by atoms with E-state index in [-0.39, 0.29) is 57.1 Å². The molecule has 0 fully saturated rings. The second kappa shape index (κ2) is 24.5. The van der Waals surface area contributed by atoms with Gasteiger partial charge in [0.05, 0.1) is 67.2 Å². The van der Waals surface area contributed by atoms with Crippen molar-refractivity contribution < 1.29 is 47.3 Å². The van der Waals surface area contributed by atoms with Crippen molar-refractivity contribution in [3.8, 4) is 17.6 Å². The maximum Gasteiger partial charge on any atom is 0.319 e. The van der Waals surface area contributed by atoms with Crippen LogP contribution in [0.25, 0.3) is 0 Å². The van der Waals surface area contributed by atoms with Crippen LogP contribution in [0, 0.1) is 11.3 Å². The van der Waals surface area contributed by atoms with E-state index in [1.165, 1.54) is 14.2 Å². The SMILES string of the molecule is COC(=O)CN(CCCCC(=O)NC(COC(c1ccccc1)(c1ccc(OC)cc1)c1ccc(OC)cc1)C(OP)(OCCC#N)N(C(C)C)C(C)C)CC(=O)OC. The molecule has 15 heteroatoms. The van der Waals surface area contributed by atoms with Gasteiger partial charge < -0.3 is 38.3 Å². The van der Waals surface area contributed by atoms with Crippen LogP contribution >= 0.6 is 9.47 Å². The van der Waals surface area contributed by atoms with Crippen molar-refractivity contribution in [1.82, 2.24) is 15.1 Å². The molecule has 0 heterocycles. The maximum atomic E-state index is 14.1. The largest absolute Gasteiger partial charge is 0.497 e. The molecule has 0 aliphatic carbocycles. The van der Waals surface area contributed by atoms with Gasteiger partial charge in [0, 0.05) is 28.0 Å². The summed E-state index contributed by atoms with van der Waals surface area (Å²) in [6.45, 7) is 8.02. The number of nitriles is 1. The van der Waals surface area contributed by atoms with Crippen LogP contribution in [0.15, 0.2) is 78.9 Å². The lowest BCUT2D eigenvalue weighted by Crippen LogP contribution is -2.69. The van der Waals surface area contributed by atoms with Gasteiger partial charge >= 0.3 is 11.9 Å². The summed E-state index contributed by atoms with van der Waals surface area (Å²) in [5.41, 5.74) is 1.15. The average molecular weight is 837 g/mol. The zero-order valence-electron chi connectivity index (χ0n) is 35.6. The number of nitrogens with one attached hydrogen (secondary N) is 1. The van der Waals surface area contributed by atoms with E-state index < -0.39 is 29.5 Å². The highest BCUT2D eigenvalue weighted by molar-refractivity contribution is 7.09. The van der Waals surface area contributed by atoms with Gasteiger partial charge in [-0.25, -0.2) is 4.90 Å². The van der Waals surface area contributed by atoms with Crippen molar-refractivity contribution >= 4 is 27.3 Å². The molecule has 3 aromatic rings. The summed E-state index contributed by atoms with van der Waals surface area (Å²) in [4.78, 5) is 41.8. The molecule has 0 radical (unpaired) electrons. The number of nitrogens with zero attached hydrogens (tertiary/aromatic N) is 3. The number of ether oxygens (including phenoxy) is 6. The van der Waals surface area contributed by atoms with Crippen LogP contribution in [0.4, 0.5) is 0 Å². The minimum Gasteiger partial charge on any atom is -0.497 e. The molecule has 59 heavy (non-hydrogen) atoms. The molecule has 3 rings (SSSR count). The number of hydrogen-bond acceptors (Lipinski definition) is 13. The molecule has 3 unspecified atom stereocenters. The molecule has 3 atom stereocenters. The van der Waals surface area contributed by atoms with E-state index >= 15 is 0 Å². The zero-order valence-corrected chi connectivity index (χ0v) is 36.8. The van der Waals surface area contributed by atoms with Gasteiger partial charge in [-0.2, -0.15) is 5.26 Å². The van der Waals surface area contributed by atoms with E-state index in [0.29, 0.717) is 30.9 Å². The molecule has 1 amide bonds. The van der Waals surface area contributed by atoms with Gasteiger partial charge in [0.25, 0.3) is 5.91 Å². The van der Waals surface area contributed by atoms with E-state index in [1.54, 1.807) is 19.1 Å². The predicted molar refractivity (Wildman–Crippen MR) is 226 cm³/mol. The average Bonchev–Trinajstić information content (AvgIpc) is 3.24. The van der Waals surface area contributed by atoms with Crippen LogP contribution in [0.1, 0.15) is 70.1 Å². The van der Waals surface area contributed by atoms with Crippen LogP contribution in [0.5, 0.6) is 11.5 Å². The smallest absolute Gasteiger partial charge is 0.319 e. The lowest BCUT2D eigenvalue weighted by atomic mass is 9.80. The summed E-state index contributed by atoms with van der Waals surface area (Å²) >= 11 is 0. The Labute approximate surface area is 351 Å². The van der Waals surface area contributed by atoms with Gasteiger partial charge in [-0.3, -0.25) is 19.3 Å². The molecule has 0 bridgehead atoms. The van der Waals surface area contributed by atoms with Crippen molar-refractivity contribution in [2.45, 2.75) is 83.0 Å². The molecule has 14 nitrogen and oxygen atoms in total. The number of carbonyl (C=O) groups excluding carboxylic acids is 3. The topological polar surface area (TPSA) is 158 Å². The van der Waals surface area contributed by atoms with Crippen LogP contribution in [0.2, 0.25) is 0 Å². The molecule has 322 valence electrons. The summed E-state index contributed by atoms with van der Waals surface area (Å²) in [5.74, 6) is -1.60. The number of rotatable bonds is 26. The molecule has 0 saturated heterocycles. The van der Waals surface area contributed by atoms with Crippen molar-refractivity contribution in [3.05, 3.63) is 95.6 Å². The minimum atomic E-state index is -1.64. The molecular formula is C44H61N4O10P. The fourth-order valence-corrected chi connectivity index (χ4v) is 7.56. The lowest BCUT2D eigenvalue weighted by Gasteiger charge is -2.50. The number of hydrogen-bond donors (Lipinski definition) is 1. The number of benzene rings is 3.